The maximum absolute atomic E-state index is 12.7. The van der Waals surface area contributed by atoms with Gasteiger partial charge >= 0.3 is 6.09 Å². The Balaban J connectivity index is 1.75. The number of ether oxygens (including phenoxy) is 1. The van der Waals surface area contributed by atoms with Crippen molar-refractivity contribution in [2.75, 3.05) is 10.6 Å². The van der Waals surface area contributed by atoms with Gasteiger partial charge in [0.1, 0.15) is 11.6 Å². The van der Waals surface area contributed by atoms with Crippen molar-refractivity contribution in [1.29, 1.82) is 0 Å². The van der Waals surface area contributed by atoms with E-state index in [0.29, 0.717) is 23.4 Å². The summed E-state index contributed by atoms with van der Waals surface area (Å²) in [4.78, 5) is 35.6. The van der Waals surface area contributed by atoms with Crippen molar-refractivity contribution in [2.45, 2.75) is 45.3 Å². The van der Waals surface area contributed by atoms with Crippen molar-refractivity contribution in [3.63, 3.8) is 0 Å². The van der Waals surface area contributed by atoms with Gasteiger partial charge in [-0.1, -0.05) is 23.4 Å². The summed E-state index contributed by atoms with van der Waals surface area (Å²) in [6, 6.07) is 11.8. The largest absolute Gasteiger partial charge is 0.444 e. The molecule has 0 spiro atoms. The molecule has 2 aromatic rings. The van der Waals surface area contributed by atoms with Gasteiger partial charge in [0.25, 0.3) is 5.91 Å². The quantitative estimate of drug-likeness (QED) is 0.725. The van der Waals surface area contributed by atoms with Crippen LogP contribution in [0.4, 0.5) is 16.2 Å². The molecule has 7 nitrogen and oxygen atoms in total. The third-order valence-corrected chi connectivity index (χ3v) is 4.39. The SMILES string of the molecule is CC(C)(C)OC(=O)Nc1ccccc1NC(=O)c1ccc2c(c1)CCC2N=O. The molecule has 0 fully saturated rings. The summed E-state index contributed by atoms with van der Waals surface area (Å²) in [7, 11) is 0. The average molecular weight is 381 g/mol. The number of hydrogen-bond acceptors (Lipinski definition) is 5. The van der Waals surface area contributed by atoms with Crippen molar-refractivity contribution < 1.29 is 14.3 Å². The van der Waals surface area contributed by atoms with Crippen LogP contribution in [0.1, 0.15) is 54.7 Å². The predicted molar refractivity (Wildman–Crippen MR) is 108 cm³/mol. The molecule has 2 amide bonds. The van der Waals surface area contributed by atoms with E-state index in [0.717, 1.165) is 17.5 Å². The molecule has 1 unspecified atom stereocenters. The first-order valence-electron chi connectivity index (χ1n) is 9.12. The Morgan fingerprint density at radius 3 is 2.39 bits per heavy atom. The summed E-state index contributed by atoms with van der Waals surface area (Å²) in [6.07, 6.45) is 0.801. The Morgan fingerprint density at radius 2 is 1.75 bits per heavy atom. The number of carbonyl (C=O) groups excluding carboxylic acids is 2. The highest BCUT2D eigenvalue weighted by Crippen LogP contribution is 2.34. The molecule has 1 aliphatic rings. The van der Waals surface area contributed by atoms with Gasteiger partial charge in [-0.2, -0.15) is 4.91 Å². The van der Waals surface area contributed by atoms with Gasteiger partial charge < -0.3 is 10.1 Å². The first kappa shape index (κ1) is 19.5. The lowest BCUT2D eigenvalue weighted by Crippen LogP contribution is -2.27. The molecule has 0 radical (unpaired) electrons. The maximum Gasteiger partial charge on any atom is 0.412 e. The molecule has 0 bridgehead atoms. The van der Waals surface area contributed by atoms with Crippen LogP contribution in [0.25, 0.3) is 0 Å². The van der Waals surface area contributed by atoms with E-state index in [1.807, 2.05) is 0 Å². The Bertz CT molecular complexity index is 918. The summed E-state index contributed by atoms with van der Waals surface area (Å²) in [5.41, 5.74) is 2.62. The zero-order valence-electron chi connectivity index (χ0n) is 16.1. The summed E-state index contributed by atoms with van der Waals surface area (Å²) in [6.45, 7) is 5.33. The van der Waals surface area contributed by atoms with Gasteiger partial charge in [-0.3, -0.25) is 10.1 Å². The van der Waals surface area contributed by atoms with Crippen LogP contribution in [0.3, 0.4) is 0 Å². The van der Waals surface area contributed by atoms with Gasteiger partial charge in [0.2, 0.25) is 0 Å². The van der Waals surface area contributed by atoms with Crippen LogP contribution in [0.15, 0.2) is 47.6 Å². The topological polar surface area (TPSA) is 96.9 Å². The maximum atomic E-state index is 12.7. The summed E-state index contributed by atoms with van der Waals surface area (Å²) in [5, 5.41) is 8.61. The van der Waals surface area contributed by atoms with Crippen LogP contribution in [-0.4, -0.2) is 17.6 Å². The number of anilines is 2. The molecule has 1 atom stereocenters. The summed E-state index contributed by atoms with van der Waals surface area (Å²) >= 11 is 0. The van der Waals surface area contributed by atoms with Gasteiger partial charge in [0.15, 0.2) is 0 Å². The van der Waals surface area contributed by atoms with Gasteiger partial charge in [0, 0.05) is 5.56 Å². The van der Waals surface area contributed by atoms with Crippen molar-refractivity contribution in [3.8, 4) is 0 Å². The van der Waals surface area contributed by atoms with E-state index in [1.54, 1.807) is 63.2 Å². The highest BCUT2D eigenvalue weighted by molar-refractivity contribution is 6.07. The second-order valence-electron chi connectivity index (χ2n) is 7.70. The number of carbonyl (C=O) groups is 2. The lowest BCUT2D eigenvalue weighted by atomic mass is 10.0. The molecule has 2 N–H and O–H groups in total. The molecular formula is C21H23N3O4. The van der Waals surface area contributed by atoms with E-state index in [4.69, 9.17) is 4.74 Å². The fourth-order valence-corrected chi connectivity index (χ4v) is 3.15. The number of nitrogens with zero attached hydrogens (tertiary/aromatic N) is 1. The van der Waals surface area contributed by atoms with Crippen molar-refractivity contribution in [1.82, 2.24) is 0 Å². The second-order valence-corrected chi connectivity index (χ2v) is 7.70. The van der Waals surface area contributed by atoms with Crippen molar-refractivity contribution in [2.24, 2.45) is 5.18 Å². The molecule has 3 rings (SSSR count). The molecule has 0 aliphatic heterocycles. The fraction of sp³-hybridized carbons (Fsp3) is 0.333. The van der Waals surface area contributed by atoms with E-state index < -0.39 is 11.7 Å². The predicted octanol–water partition coefficient (Wildman–Crippen LogP) is 5.04. The first-order valence-corrected chi connectivity index (χ1v) is 9.12. The van der Waals surface area contributed by atoms with Crippen LogP contribution in [0, 0.1) is 4.91 Å². The lowest BCUT2D eigenvalue weighted by molar-refractivity contribution is 0.0635. The number of aryl methyl sites for hydroxylation is 1. The minimum absolute atomic E-state index is 0.302. The van der Waals surface area contributed by atoms with E-state index >= 15 is 0 Å². The Labute approximate surface area is 163 Å². The van der Waals surface area contributed by atoms with E-state index in [9.17, 15) is 14.5 Å². The third-order valence-electron chi connectivity index (χ3n) is 4.39. The van der Waals surface area contributed by atoms with Gasteiger partial charge in [-0.05, 0) is 69.0 Å². The smallest absolute Gasteiger partial charge is 0.412 e. The normalized spacial score (nSPS) is 15.5. The minimum atomic E-state index is -0.624. The lowest BCUT2D eigenvalue weighted by Gasteiger charge is -2.20. The van der Waals surface area contributed by atoms with Crippen LogP contribution in [0.2, 0.25) is 0 Å². The molecule has 0 saturated heterocycles. The molecule has 7 heteroatoms. The zero-order chi connectivity index (χ0) is 20.3. The Morgan fingerprint density at radius 1 is 1.07 bits per heavy atom. The molecule has 0 saturated carbocycles. The number of hydrogen-bond donors (Lipinski definition) is 2. The monoisotopic (exact) mass is 381 g/mol. The molecule has 28 heavy (non-hydrogen) atoms. The number of para-hydroxylation sites is 2. The first-order chi connectivity index (χ1) is 13.3. The van der Waals surface area contributed by atoms with Gasteiger partial charge in [0.05, 0.1) is 11.4 Å². The van der Waals surface area contributed by atoms with Crippen LogP contribution in [-0.2, 0) is 11.2 Å². The van der Waals surface area contributed by atoms with Crippen LogP contribution >= 0.6 is 0 Å². The molecule has 2 aromatic carbocycles. The Kier molecular flexibility index (Phi) is 5.44. The highest BCUT2D eigenvalue weighted by atomic mass is 16.6. The molecular weight excluding hydrogens is 358 g/mol. The molecule has 0 heterocycles. The number of benzene rings is 2. The van der Waals surface area contributed by atoms with E-state index in [-0.39, 0.29) is 11.9 Å². The standard InChI is InChI=1S/C21H23N3O4/c1-21(2,3)28-20(26)23-18-7-5-4-6-17(18)22-19(25)14-8-10-15-13(12-14)9-11-16(15)24-27/h4-8,10,12,16H,9,11H2,1-3H3,(H,22,25)(H,23,26). The van der Waals surface area contributed by atoms with Crippen molar-refractivity contribution >= 4 is 23.4 Å². The number of fused-ring (bicyclic) bond motifs is 1. The average Bonchev–Trinajstić information content (AvgIpc) is 3.04. The van der Waals surface area contributed by atoms with Crippen LogP contribution in [0.5, 0.6) is 0 Å². The molecule has 146 valence electrons. The number of nitroso groups, excluding NO2 is 1. The van der Waals surface area contributed by atoms with Crippen LogP contribution < -0.4 is 10.6 Å². The number of amides is 2. The third kappa shape index (κ3) is 4.54. The minimum Gasteiger partial charge on any atom is -0.444 e. The second kappa shape index (κ2) is 7.80. The van der Waals surface area contributed by atoms with Crippen molar-refractivity contribution in [3.05, 3.63) is 64.1 Å². The Hall–Kier alpha value is -3.22. The van der Waals surface area contributed by atoms with E-state index in [2.05, 4.69) is 15.8 Å². The number of rotatable bonds is 4. The molecule has 0 aromatic heterocycles. The summed E-state index contributed by atoms with van der Waals surface area (Å²) in [5.74, 6) is -0.302. The van der Waals surface area contributed by atoms with E-state index in [1.165, 1.54) is 0 Å². The summed E-state index contributed by atoms with van der Waals surface area (Å²) < 4.78 is 5.26. The fourth-order valence-electron chi connectivity index (χ4n) is 3.15. The number of nitrogens with one attached hydrogen (secondary N) is 2. The highest BCUT2D eigenvalue weighted by Gasteiger charge is 2.24. The molecule has 1 aliphatic carbocycles. The van der Waals surface area contributed by atoms with Gasteiger partial charge in [-0.25, -0.2) is 4.79 Å². The van der Waals surface area contributed by atoms with Gasteiger partial charge in [-0.15, -0.1) is 0 Å². The zero-order valence-corrected chi connectivity index (χ0v) is 16.1.